The lowest BCUT2D eigenvalue weighted by Gasteiger charge is -1.98. The highest BCUT2D eigenvalue weighted by molar-refractivity contribution is 6.69. The van der Waals surface area contributed by atoms with Gasteiger partial charge < -0.3 is 4.84 Å². The fourth-order valence-electron chi connectivity index (χ4n) is 1.21. The zero-order valence-corrected chi connectivity index (χ0v) is 9.60. The summed E-state index contributed by atoms with van der Waals surface area (Å²) >= 11 is 5.77. The Morgan fingerprint density at radius 2 is 2.35 bits per heavy atom. The molecule has 2 rings (SSSR count). The SMILES string of the molecule is CON=C(Cl)c1cnn(-c2cccc(F)c2)n1. The van der Waals surface area contributed by atoms with Crippen LogP contribution in [-0.4, -0.2) is 27.3 Å². The summed E-state index contributed by atoms with van der Waals surface area (Å²) in [4.78, 5) is 5.77. The molecule has 0 aliphatic rings. The van der Waals surface area contributed by atoms with E-state index in [1.807, 2.05) is 0 Å². The quantitative estimate of drug-likeness (QED) is 0.621. The largest absolute Gasteiger partial charge is 0.398 e. The monoisotopic (exact) mass is 254 g/mol. The third kappa shape index (κ3) is 2.59. The Hall–Kier alpha value is -1.95. The number of rotatable bonds is 3. The molecule has 1 aromatic heterocycles. The Labute approximate surface area is 101 Å². The molecule has 0 amide bonds. The number of oxime groups is 1. The Kier molecular flexibility index (Phi) is 3.34. The van der Waals surface area contributed by atoms with E-state index in [1.165, 1.54) is 30.2 Å². The van der Waals surface area contributed by atoms with Crippen LogP contribution in [0, 0.1) is 5.82 Å². The number of benzene rings is 1. The van der Waals surface area contributed by atoms with Gasteiger partial charge in [-0.1, -0.05) is 22.8 Å². The van der Waals surface area contributed by atoms with Crippen molar-refractivity contribution < 1.29 is 9.23 Å². The van der Waals surface area contributed by atoms with Gasteiger partial charge in [0.05, 0.1) is 11.9 Å². The van der Waals surface area contributed by atoms with E-state index in [9.17, 15) is 4.39 Å². The van der Waals surface area contributed by atoms with Crippen LogP contribution in [-0.2, 0) is 4.84 Å². The molecule has 1 aromatic carbocycles. The maximum Gasteiger partial charge on any atom is 0.197 e. The molecule has 0 bridgehead atoms. The van der Waals surface area contributed by atoms with Gasteiger partial charge in [-0.05, 0) is 12.1 Å². The molecule has 0 saturated heterocycles. The molecule has 88 valence electrons. The Balaban J connectivity index is 2.33. The van der Waals surface area contributed by atoms with Crippen molar-refractivity contribution in [3.63, 3.8) is 0 Å². The second-order valence-corrected chi connectivity index (χ2v) is 3.42. The molecule has 0 N–H and O–H groups in total. The van der Waals surface area contributed by atoms with Crippen LogP contribution in [0.1, 0.15) is 5.69 Å². The van der Waals surface area contributed by atoms with Crippen LogP contribution >= 0.6 is 11.6 Å². The Morgan fingerprint density at radius 1 is 1.53 bits per heavy atom. The molecule has 1 heterocycles. The predicted molar refractivity (Wildman–Crippen MR) is 60.7 cm³/mol. The van der Waals surface area contributed by atoms with Gasteiger partial charge in [-0.15, -0.1) is 5.10 Å². The highest BCUT2D eigenvalue weighted by Gasteiger charge is 2.08. The average molecular weight is 255 g/mol. The lowest BCUT2D eigenvalue weighted by atomic mass is 10.3. The van der Waals surface area contributed by atoms with Crippen LogP contribution in [0.25, 0.3) is 5.69 Å². The molecule has 0 saturated carbocycles. The van der Waals surface area contributed by atoms with Crippen LogP contribution in [0.4, 0.5) is 4.39 Å². The zero-order valence-electron chi connectivity index (χ0n) is 8.84. The molecule has 2 aromatic rings. The van der Waals surface area contributed by atoms with Gasteiger partial charge in [-0.3, -0.25) is 0 Å². The van der Waals surface area contributed by atoms with E-state index in [1.54, 1.807) is 12.1 Å². The minimum atomic E-state index is -0.363. The second-order valence-electron chi connectivity index (χ2n) is 3.06. The van der Waals surface area contributed by atoms with Gasteiger partial charge in [0.1, 0.15) is 18.6 Å². The summed E-state index contributed by atoms with van der Waals surface area (Å²) in [6.45, 7) is 0. The van der Waals surface area contributed by atoms with Crippen molar-refractivity contribution in [1.82, 2.24) is 15.0 Å². The first-order valence-corrected chi connectivity index (χ1v) is 5.04. The van der Waals surface area contributed by atoms with Crippen molar-refractivity contribution in [2.45, 2.75) is 0 Å². The van der Waals surface area contributed by atoms with E-state index in [0.717, 1.165) is 0 Å². The van der Waals surface area contributed by atoms with Crippen LogP contribution in [0.2, 0.25) is 0 Å². The van der Waals surface area contributed by atoms with Crippen molar-refractivity contribution in [3.05, 3.63) is 42.0 Å². The third-order valence-corrected chi connectivity index (χ3v) is 2.18. The zero-order chi connectivity index (χ0) is 12.3. The van der Waals surface area contributed by atoms with E-state index < -0.39 is 0 Å². The Bertz CT molecular complexity index is 555. The molecule has 7 heteroatoms. The van der Waals surface area contributed by atoms with Crippen molar-refractivity contribution >= 4 is 16.8 Å². The number of hydrogen-bond donors (Lipinski definition) is 0. The summed E-state index contributed by atoms with van der Waals surface area (Å²) in [5, 5.41) is 11.6. The van der Waals surface area contributed by atoms with E-state index in [4.69, 9.17) is 11.6 Å². The lowest BCUT2D eigenvalue weighted by Crippen LogP contribution is -2.01. The summed E-state index contributed by atoms with van der Waals surface area (Å²) in [6.07, 6.45) is 1.41. The number of halogens is 2. The van der Waals surface area contributed by atoms with Crippen LogP contribution in [0.3, 0.4) is 0 Å². The van der Waals surface area contributed by atoms with E-state index in [-0.39, 0.29) is 11.0 Å². The van der Waals surface area contributed by atoms with E-state index in [2.05, 4.69) is 20.2 Å². The van der Waals surface area contributed by atoms with Gasteiger partial charge in [0.25, 0.3) is 0 Å². The fourth-order valence-corrected chi connectivity index (χ4v) is 1.37. The Morgan fingerprint density at radius 3 is 3.06 bits per heavy atom. The normalized spacial score (nSPS) is 11.6. The van der Waals surface area contributed by atoms with Crippen molar-refractivity contribution in [2.24, 2.45) is 5.16 Å². The number of aromatic nitrogens is 3. The van der Waals surface area contributed by atoms with Gasteiger partial charge in [0.2, 0.25) is 0 Å². The standard InChI is InChI=1S/C10H8ClFN4O/c1-17-15-10(11)9-6-13-16(14-9)8-4-2-3-7(12)5-8/h2-6H,1H3. The van der Waals surface area contributed by atoms with Crippen molar-refractivity contribution in [3.8, 4) is 5.69 Å². The lowest BCUT2D eigenvalue weighted by molar-refractivity contribution is 0.214. The summed E-state index contributed by atoms with van der Waals surface area (Å²) in [6, 6.07) is 5.89. The second kappa shape index (κ2) is 4.92. The molecule has 5 nitrogen and oxygen atoms in total. The van der Waals surface area contributed by atoms with Gasteiger partial charge in [0.15, 0.2) is 5.17 Å². The molecule has 0 spiro atoms. The molecule has 17 heavy (non-hydrogen) atoms. The molecule has 0 radical (unpaired) electrons. The average Bonchev–Trinajstić information content (AvgIpc) is 2.78. The van der Waals surface area contributed by atoms with Crippen molar-refractivity contribution in [1.29, 1.82) is 0 Å². The first-order chi connectivity index (χ1) is 8.20. The predicted octanol–water partition coefficient (Wildman–Crippen LogP) is 1.95. The van der Waals surface area contributed by atoms with Gasteiger partial charge in [0, 0.05) is 6.07 Å². The van der Waals surface area contributed by atoms with Crippen LogP contribution < -0.4 is 0 Å². The van der Waals surface area contributed by atoms with Gasteiger partial charge >= 0.3 is 0 Å². The van der Waals surface area contributed by atoms with E-state index >= 15 is 0 Å². The van der Waals surface area contributed by atoms with Gasteiger partial charge in [-0.2, -0.15) is 9.90 Å². The molecular weight excluding hydrogens is 247 g/mol. The number of nitrogens with zero attached hydrogens (tertiary/aromatic N) is 4. The number of hydrogen-bond acceptors (Lipinski definition) is 4. The minimum Gasteiger partial charge on any atom is -0.398 e. The molecule has 0 atom stereocenters. The van der Waals surface area contributed by atoms with E-state index in [0.29, 0.717) is 11.4 Å². The summed E-state index contributed by atoms with van der Waals surface area (Å²) < 4.78 is 13.0. The first-order valence-electron chi connectivity index (χ1n) is 4.66. The molecule has 0 aliphatic heterocycles. The van der Waals surface area contributed by atoms with Crippen LogP contribution in [0.15, 0.2) is 35.6 Å². The fraction of sp³-hybridized carbons (Fsp3) is 0.100. The van der Waals surface area contributed by atoms with Crippen molar-refractivity contribution in [2.75, 3.05) is 7.11 Å². The summed E-state index contributed by atoms with van der Waals surface area (Å²) in [5.74, 6) is -0.363. The molecule has 0 fully saturated rings. The topological polar surface area (TPSA) is 52.3 Å². The molecular formula is C10H8ClFN4O. The molecule has 0 unspecified atom stereocenters. The van der Waals surface area contributed by atoms with Gasteiger partial charge in [-0.25, -0.2) is 4.39 Å². The minimum absolute atomic E-state index is 0.0788. The maximum atomic E-state index is 13.0. The highest BCUT2D eigenvalue weighted by Crippen LogP contribution is 2.08. The smallest absolute Gasteiger partial charge is 0.197 e. The first kappa shape index (κ1) is 11.5. The van der Waals surface area contributed by atoms with Crippen LogP contribution in [0.5, 0.6) is 0 Å². The third-order valence-electron chi connectivity index (χ3n) is 1.91. The molecule has 0 aliphatic carbocycles. The summed E-state index contributed by atoms with van der Waals surface area (Å²) in [7, 11) is 1.37. The summed E-state index contributed by atoms with van der Waals surface area (Å²) in [5.41, 5.74) is 0.843. The maximum absolute atomic E-state index is 13.0. The highest BCUT2D eigenvalue weighted by atomic mass is 35.5.